The molecule has 1 unspecified atom stereocenters. The Kier molecular flexibility index (Phi) is 4.87. The third kappa shape index (κ3) is 3.41. The summed E-state index contributed by atoms with van der Waals surface area (Å²) in [6.45, 7) is 1.85. The maximum Gasteiger partial charge on any atom is 0.319 e. The van der Waals surface area contributed by atoms with Crippen LogP contribution in [-0.2, 0) is 9.53 Å². The fraction of sp³-hybridized carbons (Fsp3) is 0.571. The summed E-state index contributed by atoms with van der Waals surface area (Å²) in [7, 11) is 0. The number of carbonyl (C=O) groups is 1. The zero-order chi connectivity index (χ0) is 7.98. The molecule has 3 heteroatoms. The number of rotatable bonds is 3. The minimum absolute atomic E-state index is 0.0731. The van der Waals surface area contributed by atoms with Gasteiger partial charge in [0, 0.05) is 0 Å². The first-order valence-electron chi connectivity index (χ1n) is 2.85. The molecule has 56 valence electrons. The zero-order valence-corrected chi connectivity index (χ0v) is 6.90. The molecular weight excluding hydrogens is 148 g/mol. The van der Waals surface area contributed by atoms with E-state index in [1.807, 2.05) is 6.26 Å². The first kappa shape index (κ1) is 9.38. The van der Waals surface area contributed by atoms with E-state index in [-0.39, 0.29) is 17.8 Å². The highest BCUT2D eigenvalue weighted by molar-refractivity contribution is 7.99. The average Bonchev–Trinajstić information content (AvgIpc) is 1.98. The van der Waals surface area contributed by atoms with Crippen LogP contribution in [0.1, 0.15) is 6.92 Å². The molecule has 0 fully saturated rings. The third-order valence-electron chi connectivity index (χ3n) is 0.983. The molecule has 0 aromatic rings. The number of carbonyl (C=O) groups excluding carboxylic acids is 1. The van der Waals surface area contributed by atoms with Gasteiger partial charge in [0.05, 0.1) is 5.25 Å². The Morgan fingerprint density at radius 3 is 2.90 bits per heavy atom. The van der Waals surface area contributed by atoms with Crippen molar-refractivity contribution in [2.75, 3.05) is 12.9 Å². The second-order valence-electron chi connectivity index (χ2n) is 1.69. The summed E-state index contributed by atoms with van der Waals surface area (Å²) < 4.78 is 4.65. The van der Waals surface area contributed by atoms with E-state index in [2.05, 4.69) is 10.7 Å². The summed E-state index contributed by atoms with van der Waals surface area (Å²) in [5.74, 6) is 1.98. The fourth-order valence-corrected chi connectivity index (χ4v) is 0.587. The van der Waals surface area contributed by atoms with Crippen LogP contribution in [0.25, 0.3) is 0 Å². The van der Waals surface area contributed by atoms with E-state index in [4.69, 9.17) is 6.42 Å². The molecule has 0 saturated carbocycles. The molecule has 0 N–H and O–H groups in total. The van der Waals surface area contributed by atoms with Crippen molar-refractivity contribution in [3.8, 4) is 12.3 Å². The summed E-state index contributed by atoms with van der Waals surface area (Å²) >= 11 is 1.44. The normalized spacial score (nSPS) is 11.7. The monoisotopic (exact) mass is 158 g/mol. The van der Waals surface area contributed by atoms with Crippen LogP contribution in [0.2, 0.25) is 0 Å². The van der Waals surface area contributed by atoms with Gasteiger partial charge in [-0.2, -0.15) is 11.8 Å². The summed E-state index contributed by atoms with van der Waals surface area (Å²) in [5, 5.41) is -0.117. The van der Waals surface area contributed by atoms with Gasteiger partial charge in [0.25, 0.3) is 0 Å². The Balaban J connectivity index is 3.54. The van der Waals surface area contributed by atoms with Crippen molar-refractivity contribution in [1.29, 1.82) is 0 Å². The molecule has 0 saturated heterocycles. The van der Waals surface area contributed by atoms with Crippen molar-refractivity contribution in [3.63, 3.8) is 0 Å². The van der Waals surface area contributed by atoms with E-state index in [1.54, 1.807) is 6.92 Å². The van der Waals surface area contributed by atoms with Crippen LogP contribution in [0.4, 0.5) is 0 Å². The van der Waals surface area contributed by atoms with E-state index in [0.29, 0.717) is 0 Å². The quantitative estimate of drug-likeness (QED) is 0.451. The summed E-state index contributed by atoms with van der Waals surface area (Å²) in [6, 6.07) is 0. The van der Waals surface area contributed by atoms with Gasteiger partial charge < -0.3 is 4.74 Å². The SMILES string of the molecule is C#CCOC(=O)C(C)SC. The molecule has 0 spiro atoms. The van der Waals surface area contributed by atoms with E-state index in [1.165, 1.54) is 11.8 Å². The van der Waals surface area contributed by atoms with Gasteiger partial charge in [0.15, 0.2) is 6.61 Å². The van der Waals surface area contributed by atoms with Crippen LogP contribution in [0, 0.1) is 12.3 Å². The van der Waals surface area contributed by atoms with E-state index in [0.717, 1.165) is 0 Å². The fourth-order valence-electron chi connectivity index (χ4n) is 0.326. The standard InChI is InChI=1S/C7H10O2S/c1-4-5-9-7(8)6(2)10-3/h1,6H,5H2,2-3H3. The second-order valence-corrected chi connectivity index (χ2v) is 2.87. The molecule has 1 atom stereocenters. The Hall–Kier alpha value is -0.620. The summed E-state index contributed by atoms with van der Waals surface area (Å²) in [4.78, 5) is 10.8. The molecule has 0 aromatic heterocycles. The van der Waals surface area contributed by atoms with Crippen LogP contribution < -0.4 is 0 Å². The number of thioether (sulfide) groups is 1. The summed E-state index contributed by atoms with van der Waals surface area (Å²) in [5.41, 5.74) is 0. The Morgan fingerprint density at radius 1 is 1.90 bits per heavy atom. The maximum atomic E-state index is 10.8. The van der Waals surface area contributed by atoms with Crippen LogP contribution in [-0.4, -0.2) is 24.1 Å². The Bertz CT molecular complexity index is 148. The number of terminal acetylenes is 1. The molecule has 0 aromatic carbocycles. The molecule has 0 aliphatic rings. The average molecular weight is 158 g/mol. The lowest BCUT2D eigenvalue weighted by atomic mass is 10.5. The zero-order valence-electron chi connectivity index (χ0n) is 6.09. The maximum absolute atomic E-state index is 10.8. The number of esters is 1. The van der Waals surface area contributed by atoms with Gasteiger partial charge >= 0.3 is 5.97 Å². The third-order valence-corrected chi connectivity index (χ3v) is 1.88. The molecule has 0 heterocycles. The first-order valence-corrected chi connectivity index (χ1v) is 4.14. The van der Waals surface area contributed by atoms with Gasteiger partial charge in [0.2, 0.25) is 0 Å². The predicted molar refractivity (Wildman–Crippen MR) is 42.8 cm³/mol. The van der Waals surface area contributed by atoms with Crippen LogP contribution in [0.5, 0.6) is 0 Å². The number of hydrogen-bond donors (Lipinski definition) is 0. The molecule has 0 aliphatic heterocycles. The Labute approximate surface area is 65.3 Å². The van der Waals surface area contributed by atoms with Gasteiger partial charge in [-0.1, -0.05) is 5.92 Å². The smallest absolute Gasteiger partial charge is 0.319 e. The van der Waals surface area contributed by atoms with Crippen molar-refractivity contribution >= 4 is 17.7 Å². The van der Waals surface area contributed by atoms with Gasteiger partial charge in [-0.05, 0) is 13.2 Å². The molecule has 0 rings (SSSR count). The van der Waals surface area contributed by atoms with Crippen molar-refractivity contribution in [2.24, 2.45) is 0 Å². The lowest BCUT2D eigenvalue weighted by Gasteiger charge is -2.04. The van der Waals surface area contributed by atoms with E-state index >= 15 is 0 Å². The molecular formula is C7H10O2S. The molecule has 0 aliphatic carbocycles. The molecule has 10 heavy (non-hydrogen) atoms. The topological polar surface area (TPSA) is 26.3 Å². The minimum Gasteiger partial charge on any atom is -0.452 e. The number of ether oxygens (including phenoxy) is 1. The highest BCUT2D eigenvalue weighted by atomic mass is 32.2. The van der Waals surface area contributed by atoms with Gasteiger partial charge in [0.1, 0.15) is 0 Å². The second kappa shape index (κ2) is 5.19. The first-order chi connectivity index (χ1) is 4.72. The van der Waals surface area contributed by atoms with Crippen molar-refractivity contribution in [2.45, 2.75) is 12.2 Å². The van der Waals surface area contributed by atoms with Gasteiger partial charge in [-0.25, -0.2) is 0 Å². The highest BCUT2D eigenvalue weighted by Crippen LogP contribution is 2.05. The van der Waals surface area contributed by atoms with Gasteiger partial charge in [-0.15, -0.1) is 6.42 Å². The van der Waals surface area contributed by atoms with Crippen molar-refractivity contribution in [3.05, 3.63) is 0 Å². The Morgan fingerprint density at radius 2 is 2.50 bits per heavy atom. The van der Waals surface area contributed by atoms with Crippen LogP contribution in [0.3, 0.4) is 0 Å². The van der Waals surface area contributed by atoms with Crippen molar-refractivity contribution < 1.29 is 9.53 Å². The predicted octanol–water partition coefficient (Wildman–Crippen LogP) is 0.914. The van der Waals surface area contributed by atoms with Crippen LogP contribution in [0.15, 0.2) is 0 Å². The minimum atomic E-state index is -0.245. The van der Waals surface area contributed by atoms with Gasteiger partial charge in [-0.3, -0.25) is 4.79 Å². The van der Waals surface area contributed by atoms with Crippen LogP contribution >= 0.6 is 11.8 Å². The number of hydrogen-bond acceptors (Lipinski definition) is 3. The largest absolute Gasteiger partial charge is 0.452 e. The lowest BCUT2D eigenvalue weighted by Crippen LogP contribution is -2.16. The lowest BCUT2D eigenvalue weighted by molar-refractivity contribution is -0.141. The summed E-state index contributed by atoms with van der Waals surface area (Å²) in [6.07, 6.45) is 6.73. The molecule has 0 amide bonds. The highest BCUT2D eigenvalue weighted by Gasteiger charge is 2.10. The van der Waals surface area contributed by atoms with E-state index < -0.39 is 0 Å². The molecule has 0 radical (unpaired) electrons. The van der Waals surface area contributed by atoms with E-state index in [9.17, 15) is 4.79 Å². The van der Waals surface area contributed by atoms with Crippen molar-refractivity contribution in [1.82, 2.24) is 0 Å². The molecule has 2 nitrogen and oxygen atoms in total. The molecule has 0 bridgehead atoms.